The quantitative estimate of drug-likeness (QED) is 0.128. The molecule has 0 amide bonds. The van der Waals surface area contributed by atoms with Crippen LogP contribution >= 0.6 is 23.2 Å². The summed E-state index contributed by atoms with van der Waals surface area (Å²) in [7, 11) is 0. The zero-order valence-corrected chi connectivity index (χ0v) is 25.4. The monoisotopic (exact) mass is 654 g/mol. The Morgan fingerprint density at radius 2 is 1.13 bits per heavy atom. The van der Waals surface area contributed by atoms with E-state index in [0.29, 0.717) is 45.8 Å². The Hall–Kier alpha value is -5.13. The number of hydrogen-bond acceptors (Lipinski definition) is 9. The first-order valence-electron chi connectivity index (χ1n) is 13.2. The molecule has 5 aromatic rings. The number of para-hydroxylation sites is 1. The van der Waals surface area contributed by atoms with Gasteiger partial charge >= 0.3 is 17.9 Å². The van der Waals surface area contributed by atoms with Crippen molar-refractivity contribution in [1.82, 2.24) is 9.97 Å². The van der Waals surface area contributed by atoms with E-state index in [9.17, 15) is 14.4 Å². The van der Waals surface area contributed by atoms with Crippen molar-refractivity contribution in [2.24, 2.45) is 0 Å². The summed E-state index contributed by atoms with van der Waals surface area (Å²) in [5.41, 5.74) is 1.13. The van der Waals surface area contributed by atoms with Crippen molar-refractivity contribution in [3.05, 3.63) is 101 Å². The third kappa shape index (κ3) is 11.5. The van der Waals surface area contributed by atoms with Gasteiger partial charge in [0, 0.05) is 30.1 Å². The predicted molar refractivity (Wildman–Crippen MR) is 168 cm³/mol. The van der Waals surface area contributed by atoms with Crippen LogP contribution in [-0.4, -0.2) is 64.5 Å². The van der Waals surface area contributed by atoms with E-state index < -0.39 is 25.2 Å². The number of rotatable bonds is 10. The molecule has 0 bridgehead atoms. The Kier molecular flexibility index (Phi) is 13.6. The number of fused-ring (bicyclic) bond motifs is 2. The average molecular weight is 655 g/mol. The topological polar surface area (TPSA) is 154 Å². The van der Waals surface area contributed by atoms with Gasteiger partial charge in [0.1, 0.15) is 41.5 Å². The van der Waals surface area contributed by atoms with Crippen LogP contribution in [0.25, 0.3) is 21.8 Å². The minimum atomic E-state index is -1.03. The first kappa shape index (κ1) is 34.4. The Morgan fingerprint density at radius 1 is 0.644 bits per heavy atom. The second kappa shape index (κ2) is 17.9. The molecule has 0 saturated carbocycles. The molecule has 0 unspecified atom stereocenters. The highest BCUT2D eigenvalue weighted by molar-refractivity contribution is 6.36. The molecule has 0 aliphatic carbocycles. The lowest BCUT2D eigenvalue weighted by molar-refractivity contribution is -0.142. The van der Waals surface area contributed by atoms with E-state index in [1.165, 1.54) is 6.92 Å². The summed E-state index contributed by atoms with van der Waals surface area (Å²) in [6.07, 6.45) is 3.21. The van der Waals surface area contributed by atoms with E-state index in [1.807, 2.05) is 30.3 Å². The Bertz CT molecular complexity index is 1640. The summed E-state index contributed by atoms with van der Waals surface area (Å²) >= 11 is 12.0. The van der Waals surface area contributed by atoms with Crippen LogP contribution in [0.15, 0.2) is 91.3 Å². The number of esters is 1. The number of aliphatic carboxylic acids is 2. The SMILES string of the molecule is CC(=O)OCCOc1ccccc1.O=C(O)COc1ccc(Cl)c2cccnc12.O=C(O)COc1ccc(Cl)c2cccnc12. The van der Waals surface area contributed by atoms with Gasteiger partial charge in [0.2, 0.25) is 0 Å². The fourth-order valence-corrected chi connectivity index (χ4v) is 4.03. The van der Waals surface area contributed by atoms with Crippen LogP contribution < -0.4 is 14.2 Å². The van der Waals surface area contributed by atoms with Crippen LogP contribution in [0.5, 0.6) is 17.2 Å². The fraction of sp³-hybridized carbons (Fsp3) is 0.156. The van der Waals surface area contributed by atoms with Gasteiger partial charge < -0.3 is 29.2 Å². The van der Waals surface area contributed by atoms with Gasteiger partial charge in [0.25, 0.3) is 0 Å². The third-order valence-corrected chi connectivity index (χ3v) is 6.12. The third-order valence-electron chi connectivity index (χ3n) is 5.46. The molecule has 2 aromatic heterocycles. The maximum absolute atomic E-state index is 10.4. The number of carbonyl (C=O) groups is 3. The molecule has 2 heterocycles. The summed E-state index contributed by atoms with van der Waals surface area (Å²) in [6, 6.07) is 23.1. The first-order valence-corrected chi connectivity index (χ1v) is 14.0. The van der Waals surface area contributed by atoms with Crippen molar-refractivity contribution in [2.75, 3.05) is 26.4 Å². The van der Waals surface area contributed by atoms with Crippen molar-refractivity contribution in [1.29, 1.82) is 0 Å². The molecule has 0 fully saturated rings. The van der Waals surface area contributed by atoms with Gasteiger partial charge in [-0.15, -0.1) is 0 Å². The van der Waals surface area contributed by atoms with Crippen molar-refractivity contribution in [3.63, 3.8) is 0 Å². The zero-order valence-electron chi connectivity index (χ0n) is 23.9. The van der Waals surface area contributed by atoms with Crippen LogP contribution in [0, 0.1) is 0 Å². The lowest BCUT2D eigenvalue weighted by atomic mass is 10.2. The van der Waals surface area contributed by atoms with Crippen molar-refractivity contribution in [3.8, 4) is 17.2 Å². The molecule has 0 aliphatic rings. The highest BCUT2D eigenvalue weighted by Crippen LogP contribution is 2.30. The fourth-order valence-electron chi connectivity index (χ4n) is 3.60. The second-order valence-electron chi connectivity index (χ2n) is 8.76. The molecule has 45 heavy (non-hydrogen) atoms. The first-order chi connectivity index (χ1) is 21.7. The normalized spacial score (nSPS) is 10.0. The molecular weight excluding hydrogens is 627 g/mol. The number of hydrogen-bond donors (Lipinski definition) is 2. The largest absolute Gasteiger partial charge is 0.490 e. The Morgan fingerprint density at radius 3 is 1.58 bits per heavy atom. The van der Waals surface area contributed by atoms with E-state index in [2.05, 4.69) is 9.97 Å². The van der Waals surface area contributed by atoms with Gasteiger partial charge in [0.05, 0.1) is 10.0 Å². The number of nitrogens with zero attached hydrogens (tertiary/aromatic N) is 2. The molecule has 13 heteroatoms. The van der Waals surface area contributed by atoms with Crippen LogP contribution in [0.1, 0.15) is 6.92 Å². The van der Waals surface area contributed by atoms with E-state index in [0.717, 1.165) is 16.5 Å². The summed E-state index contributed by atoms with van der Waals surface area (Å²) in [4.78, 5) is 39.4. The summed E-state index contributed by atoms with van der Waals surface area (Å²) in [5, 5.41) is 19.7. The second-order valence-corrected chi connectivity index (χ2v) is 9.57. The number of ether oxygens (including phenoxy) is 4. The molecular formula is C32H28Cl2N2O9. The average Bonchev–Trinajstić information content (AvgIpc) is 3.04. The van der Waals surface area contributed by atoms with Crippen LogP contribution in [0.4, 0.5) is 0 Å². The van der Waals surface area contributed by atoms with Gasteiger partial charge in [0.15, 0.2) is 13.2 Å². The number of pyridine rings is 2. The predicted octanol–water partition coefficient (Wildman–Crippen LogP) is 6.33. The van der Waals surface area contributed by atoms with Gasteiger partial charge in [-0.05, 0) is 60.7 Å². The number of aromatic nitrogens is 2. The van der Waals surface area contributed by atoms with Gasteiger partial charge in [-0.2, -0.15) is 0 Å². The van der Waals surface area contributed by atoms with Gasteiger partial charge in [-0.1, -0.05) is 41.4 Å². The van der Waals surface area contributed by atoms with E-state index in [4.69, 9.17) is 52.4 Å². The molecule has 0 saturated heterocycles. The summed E-state index contributed by atoms with van der Waals surface area (Å²) in [6.45, 7) is 1.27. The van der Waals surface area contributed by atoms with E-state index in [1.54, 1.807) is 60.9 Å². The maximum atomic E-state index is 10.4. The Balaban J connectivity index is 0.000000185. The molecule has 0 aliphatic heterocycles. The smallest absolute Gasteiger partial charge is 0.341 e. The molecule has 11 nitrogen and oxygen atoms in total. The van der Waals surface area contributed by atoms with Crippen LogP contribution in [0.2, 0.25) is 10.0 Å². The van der Waals surface area contributed by atoms with Gasteiger partial charge in [-0.25, -0.2) is 9.59 Å². The molecule has 5 rings (SSSR count). The lowest BCUT2D eigenvalue weighted by Gasteiger charge is -2.07. The minimum absolute atomic E-state index is 0.281. The molecule has 0 atom stereocenters. The molecule has 234 valence electrons. The summed E-state index contributed by atoms with van der Waals surface area (Å²) < 4.78 is 20.2. The summed E-state index contributed by atoms with van der Waals surface area (Å²) in [5.74, 6) is -0.714. The van der Waals surface area contributed by atoms with Crippen molar-refractivity contribution < 1.29 is 43.5 Å². The standard InChI is InChI=1S/2C11H8ClNO3.C10H12O3/c2*12-8-3-4-9(16-6-10(14)15)11-7(8)2-1-5-13-11;1-9(11)12-7-8-13-10-5-3-2-4-6-10/h2*1-5H,6H2,(H,14,15);2-6H,7-8H2,1H3. The zero-order chi connectivity index (χ0) is 32.6. The van der Waals surface area contributed by atoms with Crippen molar-refractivity contribution >= 4 is 62.9 Å². The molecule has 3 aromatic carbocycles. The number of halogens is 2. The molecule has 0 radical (unpaired) electrons. The highest BCUT2D eigenvalue weighted by Gasteiger charge is 2.09. The molecule has 0 spiro atoms. The number of benzene rings is 3. The number of carboxylic acids is 2. The van der Waals surface area contributed by atoms with E-state index >= 15 is 0 Å². The molecule has 2 N–H and O–H groups in total. The van der Waals surface area contributed by atoms with Crippen LogP contribution in [0.3, 0.4) is 0 Å². The minimum Gasteiger partial charge on any atom is -0.490 e. The van der Waals surface area contributed by atoms with E-state index in [-0.39, 0.29) is 5.97 Å². The number of carboxylic acid groups (broad SMARTS) is 2. The number of carbonyl (C=O) groups excluding carboxylic acids is 1. The van der Waals surface area contributed by atoms with Gasteiger partial charge in [-0.3, -0.25) is 14.8 Å². The van der Waals surface area contributed by atoms with Crippen molar-refractivity contribution in [2.45, 2.75) is 6.92 Å². The highest BCUT2D eigenvalue weighted by atomic mass is 35.5. The lowest BCUT2D eigenvalue weighted by Crippen LogP contribution is -2.09. The maximum Gasteiger partial charge on any atom is 0.341 e. The van der Waals surface area contributed by atoms with Crippen LogP contribution in [-0.2, 0) is 19.1 Å². The Labute approximate surface area is 267 Å².